The van der Waals surface area contributed by atoms with E-state index in [4.69, 9.17) is 14.7 Å². The number of carbonyl (C=O) groups is 1. The quantitative estimate of drug-likeness (QED) is 0.852. The second-order valence-corrected chi connectivity index (χ2v) is 4.81. The zero-order valence-electron chi connectivity index (χ0n) is 12.9. The minimum atomic E-state index is -0.238. The van der Waals surface area contributed by atoms with Crippen LogP contribution in [0.4, 0.5) is 5.69 Å². The second kappa shape index (κ2) is 8.44. The van der Waals surface area contributed by atoms with Crippen molar-refractivity contribution in [2.45, 2.75) is 13.3 Å². The predicted octanol–water partition coefficient (Wildman–Crippen LogP) is 3.17. The summed E-state index contributed by atoms with van der Waals surface area (Å²) in [5.41, 5.74) is 1.81. The van der Waals surface area contributed by atoms with Crippen LogP contribution < -0.4 is 14.8 Å². The molecule has 5 heteroatoms. The van der Waals surface area contributed by atoms with Gasteiger partial charge in [-0.15, -0.1) is 0 Å². The number of nitrogens with zero attached hydrogens (tertiary/aromatic N) is 1. The topological polar surface area (TPSA) is 71.3 Å². The summed E-state index contributed by atoms with van der Waals surface area (Å²) >= 11 is 0. The van der Waals surface area contributed by atoms with Crippen LogP contribution in [0.5, 0.6) is 11.5 Å². The van der Waals surface area contributed by atoms with Crippen LogP contribution in [-0.2, 0) is 11.2 Å². The third-order valence-corrected chi connectivity index (χ3v) is 3.12. The Kier molecular flexibility index (Phi) is 6.01. The summed E-state index contributed by atoms with van der Waals surface area (Å²) in [6.07, 6.45) is 0.920. The van der Waals surface area contributed by atoms with Gasteiger partial charge < -0.3 is 14.8 Å². The lowest BCUT2D eigenvalue weighted by Crippen LogP contribution is -2.20. The van der Waals surface area contributed by atoms with Crippen LogP contribution in [-0.4, -0.2) is 19.1 Å². The van der Waals surface area contributed by atoms with Crippen molar-refractivity contribution >= 4 is 11.6 Å². The van der Waals surface area contributed by atoms with E-state index in [1.54, 1.807) is 24.3 Å². The first kappa shape index (κ1) is 16.4. The monoisotopic (exact) mass is 310 g/mol. The van der Waals surface area contributed by atoms with E-state index in [2.05, 4.69) is 12.2 Å². The van der Waals surface area contributed by atoms with Gasteiger partial charge >= 0.3 is 0 Å². The molecular formula is C18H18N2O3. The molecule has 23 heavy (non-hydrogen) atoms. The molecule has 1 N–H and O–H groups in total. The number of hydrogen-bond donors (Lipinski definition) is 1. The van der Waals surface area contributed by atoms with Crippen LogP contribution in [0.3, 0.4) is 0 Å². The van der Waals surface area contributed by atoms with Crippen LogP contribution in [0.15, 0.2) is 48.5 Å². The molecule has 0 fully saturated rings. The number of aryl methyl sites for hydroxylation is 1. The molecule has 0 atom stereocenters. The van der Waals surface area contributed by atoms with Crippen molar-refractivity contribution in [1.29, 1.82) is 5.26 Å². The highest BCUT2D eigenvalue weighted by Gasteiger charge is 2.04. The zero-order chi connectivity index (χ0) is 16.5. The Morgan fingerprint density at radius 3 is 2.61 bits per heavy atom. The first-order chi connectivity index (χ1) is 11.2. The summed E-state index contributed by atoms with van der Waals surface area (Å²) in [4.78, 5) is 11.9. The van der Waals surface area contributed by atoms with Gasteiger partial charge in [-0.1, -0.05) is 19.1 Å². The molecule has 0 aromatic heterocycles. The average Bonchev–Trinajstić information content (AvgIpc) is 2.59. The second-order valence-electron chi connectivity index (χ2n) is 4.81. The van der Waals surface area contributed by atoms with E-state index < -0.39 is 0 Å². The number of hydrogen-bond acceptors (Lipinski definition) is 4. The molecule has 0 spiro atoms. The summed E-state index contributed by atoms with van der Waals surface area (Å²) in [5, 5.41) is 11.2. The maximum absolute atomic E-state index is 11.9. The van der Waals surface area contributed by atoms with Crippen molar-refractivity contribution in [3.8, 4) is 17.6 Å². The Hall–Kier alpha value is -3.00. The lowest BCUT2D eigenvalue weighted by atomic mass is 10.2. The van der Waals surface area contributed by atoms with Gasteiger partial charge in [0.1, 0.15) is 17.6 Å². The smallest absolute Gasteiger partial charge is 0.262 e. The molecule has 0 saturated carbocycles. The molecule has 0 aliphatic heterocycles. The molecule has 0 radical (unpaired) electrons. The normalized spacial score (nSPS) is 9.74. The summed E-state index contributed by atoms with van der Waals surface area (Å²) in [6, 6.07) is 16.4. The molecular weight excluding hydrogens is 292 g/mol. The number of carbonyl (C=O) groups excluding carboxylic acids is 1. The van der Waals surface area contributed by atoms with E-state index >= 15 is 0 Å². The maximum atomic E-state index is 11.9. The zero-order valence-corrected chi connectivity index (χ0v) is 12.9. The summed E-state index contributed by atoms with van der Waals surface area (Å²) in [6.45, 7) is 2.01. The fourth-order valence-corrected chi connectivity index (χ4v) is 1.95. The molecule has 5 nitrogen and oxygen atoms in total. The molecule has 118 valence electrons. The third-order valence-electron chi connectivity index (χ3n) is 3.12. The summed E-state index contributed by atoms with van der Waals surface area (Å²) in [7, 11) is 0. The molecule has 0 aliphatic rings. The molecule has 2 rings (SSSR count). The van der Waals surface area contributed by atoms with Crippen LogP contribution in [0.1, 0.15) is 12.5 Å². The number of amides is 1. The van der Waals surface area contributed by atoms with Crippen molar-refractivity contribution in [3.63, 3.8) is 0 Å². The Morgan fingerprint density at radius 2 is 1.91 bits per heavy atom. The van der Waals surface area contributed by atoms with E-state index in [-0.39, 0.29) is 19.1 Å². The van der Waals surface area contributed by atoms with Crippen LogP contribution >= 0.6 is 0 Å². The molecule has 2 aromatic carbocycles. The lowest BCUT2D eigenvalue weighted by molar-refractivity contribution is -0.118. The van der Waals surface area contributed by atoms with Crippen molar-refractivity contribution < 1.29 is 14.3 Å². The molecule has 2 aromatic rings. The van der Waals surface area contributed by atoms with Crippen LogP contribution in [0.2, 0.25) is 0 Å². The van der Waals surface area contributed by atoms with Crippen LogP contribution in [0.25, 0.3) is 0 Å². The standard InChI is InChI=1S/C18H18N2O3/c1-2-14-4-3-5-17(12-14)23-13-18(21)20-15-6-8-16(9-7-15)22-11-10-19/h3-9,12H,2,11,13H2,1H3,(H,20,21). The Balaban J connectivity index is 1.83. The van der Waals surface area contributed by atoms with Crippen molar-refractivity contribution in [2.24, 2.45) is 0 Å². The highest BCUT2D eigenvalue weighted by molar-refractivity contribution is 5.91. The van der Waals surface area contributed by atoms with Crippen LogP contribution in [0, 0.1) is 11.3 Å². The number of benzene rings is 2. The van der Waals surface area contributed by atoms with Gasteiger partial charge in [-0.25, -0.2) is 0 Å². The van der Waals surface area contributed by atoms with E-state index in [0.29, 0.717) is 17.2 Å². The summed E-state index contributed by atoms with van der Waals surface area (Å²) < 4.78 is 10.6. The highest BCUT2D eigenvalue weighted by atomic mass is 16.5. The van der Waals surface area contributed by atoms with Gasteiger partial charge in [0, 0.05) is 5.69 Å². The Morgan fingerprint density at radius 1 is 1.13 bits per heavy atom. The first-order valence-corrected chi connectivity index (χ1v) is 7.32. The fraction of sp³-hybridized carbons (Fsp3) is 0.222. The van der Waals surface area contributed by atoms with Gasteiger partial charge in [-0.3, -0.25) is 4.79 Å². The van der Waals surface area contributed by atoms with E-state index in [0.717, 1.165) is 12.0 Å². The summed E-state index contributed by atoms with van der Waals surface area (Å²) in [5.74, 6) is 1.02. The van der Waals surface area contributed by atoms with Gasteiger partial charge in [0.15, 0.2) is 13.2 Å². The van der Waals surface area contributed by atoms with Crippen molar-refractivity contribution in [1.82, 2.24) is 0 Å². The maximum Gasteiger partial charge on any atom is 0.262 e. The van der Waals surface area contributed by atoms with Crippen molar-refractivity contribution in [3.05, 3.63) is 54.1 Å². The van der Waals surface area contributed by atoms with Gasteiger partial charge in [0.25, 0.3) is 5.91 Å². The number of anilines is 1. The lowest BCUT2D eigenvalue weighted by Gasteiger charge is -2.09. The predicted molar refractivity (Wildman–Crippen MR) is 87.5 cm³/mol. The van der Waals surface area contributed by atoms with Gasteiger partial charge in [0.05, 0.1) is 0 Å². The highest BCUT2D eigenvalue weighted by Crippen LogP contribution is 2.16. The Labute approximate surface area is 135 Å². The minimum Gasteiger partial charge on any atom is -0.484 e. The molecule has 0 unspecified atom stereocenters. The van der Waals surface area contributed by atoms with Gasteiger partial charge in [0.2, 0.25) is 0 Å². The number of ether oxygens (including phenoxy) is 2. The largest absolute Gasteiger partial charge is 0.484 e. The average molecular weight is 310 g/mol. The molecule has 1 amide bonds. The van der Waals surface area contributed by atoms with Gasteiger partial charge in [-0.2, -0.15) is 5.26 Å². The number of nitrogens with one attached hydrogen (secondary N) is 1. The molecule has 0 aliphatic carbocycles. The van der Waals surface area contributed by atoms with E-state index in [1.165, 1.54) is 0 Å². The Bertz CT molecular complexity index is 690. The minimum absolute atomic E-state index is 0.00360. The van der Waals surface area contributed by atoms with E-state index in [9.17, 15) is 4.79 Å². The molecule has 0 saturated heterocycles. The fourth-order valence-electron chi connectivity index (χ4n) is 1.95. The van der Waals surface area contributed by atoms with E-state index in [1.807, 2.05) is 30.3 Å². The third kappa shape index (κ3) is 5.36. The number of rotatable bonds is 7. The van der Waals surface area contributed by atoms with Crippen molar-refractivity contribution in [2.75, 3.05) is 18.5 Å². The first-order valence-electron chi connectivity index (χ1n) is 7.32. The molecule has 0 heterocycles. The molecule has 0 bridgehead atoms. The van der Waals surface area contributed by atoms with Gasteiger partial charge in [-0.05, 0) is 48.4 Å². The SMILES string of the molecule is CCc1cccc(OCC(=O)Nc2ccc(OCC#N)cc2)c1. The number of nitriles is 1.